The number of carbonyl (C=O) groups is 1. The molecular formula is C20H19FN2O2S. The number of hydrogen-bond donors (Lipinski definition) is 1. The van der Waals surface area contributed by atoms with Crippen molar-refractivity contribution in [3.8, 4) is 17.0 Å². The highest BCUT2D eigenvalue weighted by atomic mass is 32.1. The predicted molar refractivity (Wildman–Crippen MR) is 102 cm³/mol. The van der Waals surface area contributed by atoms with Crippen LogP contribution in [0.25, 0.3) is 11.3 Å². The van der Waals surface area contributed by atoms with Gasteiger partial charge < -0.3 is 4.74 Å². The first-order chi connectivity index (χ1) is 12.6. The van der Waals surface area contributed by atoms with Crippen molar-refractivity contribution >= 4 is 22.4 Å². The van der Waals surface area contributed by atoms with E-state index in [2.05, 4.69) is 17.2 Å². The number of carbonyl (C=O) groups excluding carboxylic acids is 1. The standard InChI is InChI=1S/C20H19FN2O2S/c1-3-4-17-18(13-7-11-16(25-2)12-8-13)22-20(26-17)23-19(24)14-5-9-15(21)10-6-14/h5-12H,3-4H2,1-2H3,(H,22,23,24). The number of hydrogen-bond acceptors (Lipinski definition) is 4. The summed E-state index contributed by atoms with van der Waals surface area (Å²) in [5.41, 5.74) is 2.24. The van der Waals surface area contributed by atoms with Gasteiger partial charge in [0, 0.05) is 16.0 Å². The Balaban J connectivity index is 1.86. The van der Waals surface area contributed by atoms with Crippen molar-refractivity contribution < 1.29 is 13.9 Å². The molecule has 0 unspecified atom stereocenters. The van der Waals surface area contributed by atoms with Crippen LogP contribution in [0.4, 0.5) is 9.52 Å². The number of amides is 1. The topological polar surface area (TPSA) is 51.2 Å². The van der Waals surface area contributed by atoms with E-state index in [4.69, 9.17) is 4.74 Å². The summed E-state index contributed by atoms with van der Waals surface area (Å²) in [6.45, 7) is 2.11. The third-order valence-electron chi connectivity index (χ3n) is 3.86. The van der Waals surface area contributed by atoms with Gasteiger partial charge in [0.1, 0.15) is 11.6 Å². The molecule has 3 aromatic rings. The number of thiazole rings is 1. The second-order valence-electron chi connectivity index (χ2n) is 5.73. The molecule has 26 heavy (non-hydrogen) atoms. The van der Waals surface area contributed by atoms with Crippen molar-refractivity contribution in [2.75, 3.05) is 12.4 Å². The molecule has 1 amide bonds. The lowest BCUT2D eigenvalue weighted by molar-refractivity contribution is 0.102. The summed E-state index contributed by atoms with van der Waals surface area (Å²) in [5, 5.41) is 3.35. The summed E-state index contributed by atoms with van der Waals surface area (Å²) in [5.74, 6) is 0.108. The van der Waals surface area contributed by atoms with Crippen LogP contribution in [0.15, 0.2) is 48.5 Å². The number of anilines is 1. The van der Waals surface area contributed by atoms with Gasteiger partial charge in [-0.15, -0.1) is 11.3 Å². The molecule has 134 valence electrons. The molecule has 4 nitrogen and oxygen atoms in total. The highest BCUT2D eigenvalue weighted by Crippen LogP contribution is 2.33. The molecule has 0 fully saturated rings. The Kier molecular flexibility index (Phi) is 5.63. The fourth-order valence-electron chi connectivity index (χ4n) is 2.55. The minimum absolute atomic E-state index is 0.303. The van der Waals surface area contributed by atoms with E-state index in [0.29, 0.717) is 10.7 Å². The number of aromatic nitrogens is 1. The Morgan fingerprint density at radius 2 is 1.85 bits per heavy atom. The van der Waals surface area contributed by atoms with Crippen LogP contribution in [0, 0.1) is 5.82 Å². The van der Waals surface area contributed by atoms with Gasteiger partial charge in [0.2, 0.25) is 0 Å². The van der Waals surface area contributed by atoms with Crippen molar-refractivity contribution in [1.82, 2.24) is 4.98 Å². The van der Waals surface area contributed by atoms with Crippen molar-refractivity contribution in [3.63, 3.8) is 0 Å². The Morgan fingerprint density at radius 1 is 1.15 bits per heavy atom. The minimum atomic E-state index is -0.372. The zero-order valence-corrected chi connectivity index (χ0v) is 15.4. The average Bonchev–Trinajstić information content (AvgIpc) is 3.05. The number of benzene rings is 2. The molecule has 6 heteroatoms. The summed E-state index contributed by atoms with van der Waals surface area (Å²) >= 11 is 1.47. The van der Waals surface area contributed by atoms with E-state index in [1.165, 1.54) is 35.6 Å². The number of rotatable bonds is 6. The summed E-state index contributed by atoms with van der Waals surface area (Å²) in [6.07, 6.45) is 1.86. The summed E-state index contributed by atoms with van der Waals surface area (Å²) in [7, 11) is 1.63. The number of ether oxygens (including phenoxy) is 1. The van der Waals surface area contributed by atoms with Gasteiger partial charge in [-0.1, -0.05) is 13.3 Å². The van der Waals surface area contributed by atoms with Crippen molar-refractivity contribution in [2.24, 2.45) is 0 Å². The number of halogens is 1. The van der Waals surface area contributed by atoms with Crippen LogP contribution < -0.4 is 10.1 Å². The molecule has 1 aromatic heterocycles. The van der Waals surface area contributed by atoms with E-state index in [9.17, 15) is 9.18 Å². The molecule has 0 saturated carbocycles. The Hall–Kier alpha value is -2.73. The molecule has 0 atom stereocenters. The van der Waals surface area contributed by atoms with Gasteiger partial charge in [-0.3, -0.25) is 10.1 Å². The number of aryl methyl sites for hydroxylation is 1. The van der Waals surface area contributed by atoms with Crippen LogP contribution in [0.5, 0.6) is 5.75 Å². The maximum Gasteiger partial charge on any atom is 0.257 e. The van der Waals surface area contributed by atoms with E-state index >= 15 is 0 Å². The molecule has 0 saturated heterocycles. The second kappa shape index (κ2) is 8.10. The quantitative estimate of drug-likeness (QED) is 0.652. The summed E-state index contributed by atoms with van der Waals surface area (Å²) in [6, 6.07) is 13.1. The average molecular weight is 370 g/mol. The summed E-state index contributed by atoms with van der Waals surface area (Å²) < 4.78 is 18.2. The highest BCUT2D eigenvalue weighted by molar-refractivity contribution is 7.16. The fraction of sp³-hybridized carbons (Fsp3) is 0.200. The van der Waals surface area contributed by atoms with E-state index in [1.54, 1.807) is 7.11 Å². The SMILES string of the molecule is CCCc1sc(NC(=O)c2ccc(F)cc2)nc1-c1ccc(OC)cc1. The minimum Gasteiger partial charge on any atom is -0.497 e. The van der Waals surface area contributed by atoms with Gasteiger partial charge in [0.05, 0.1) is 12.8 Å². The lowest BCUT2D eigenvalue weighted by atomic mass is 10.1. The molecule has 0 aliphatic heterocycles. The van der Waals surface area contributed by atoms with Gasteiger partial charge in [-0.05, 0) is 55.0 Å². The van der Waals surface area contributed by atoms with Crippen LogP contribution >= 0.6 is 11.3 Å². The zero-order valence-electron chi connectivity index (χ0n) is 14.6. The van der Waals surface area contributed by atoms with E-state index in [-0.39, 0.29) is 11.7 Å². The molecular weight excluding hydrogens is 351 g/mol. The first-order valence-corrected chi connectivity index (χ1v) is 9.13. The molecule has 1 heterocycles. The molecule has 0 radical (unpaired) electrons. The molecule has 0 aliphatic carbocycles. The third-order valence-corrected chi connectivity index (χ3v) is 4.90. The van der Waals surface area contributed by atoms with Gasteiger partial charge in [-0.25, -0.2) is 9.37 Å². The third kappa shape index (κ3) is 4.08. The first kappa shape index (κ1) is 18.1. The normalized spacial score (nSPS) is 10.6. The number of nitrogens with zero attached hydrogens (tertiary/aromatic N) is 1. The van der Waals surface area contributed by atoms with Crippen molar-refractivity contribution in [2.45, 2.75) is 19.8 Å². The van der Waals surface area contributed by atoms with E-state index < -0.39 is 0 Å². The number of nitrogens with one attached hydrogen (secondary N) is 1. The molecule has 0 spiro atoms. The van der Waals surface area contributed by atoms with Gasteiger partial charge in [0.15, 0.2) is 5.13 Å². The van der Waals surface area contributed by atoms with E-state index in [0.717, 1.165) is 34.7 Å². The van der Waals surface area contributed by atoms with Gasteiger partial charge in [0.25, 0.3) is 5.91 Å². The Bertz CT molecular complexity index is 889. The van der Waals surface area contributed by atoms with Crippen LogP contribution in [0.1, 0.15) is 28.6 Å². The monoisotopic (exact) mass is 370 g/mol. The van der Waals surface area contributed by atoms with Crippen LogP contribution in [-0.4, -0.2) is 18.0 Å². The highest BCUT2D eigenvalue weighted by Gasteiger charge is 2.15. The second-order valence-corrected chi connectivity index (χ2v) is 6.81. The van der Waals surface area contributed by atoms with Crippen molar-refractivity contribution in [1.29, 1.82) is 0 Å². The lowest BCUT2D eigenvalue weighted by Gasteiger charge is -2.03. The maximum atomic E-state index is 13.0. The molecule has 0 aliphatic rings. The maximum absolute atomic E-state index is 13.0. The zero-order chi connectivity index (χ0) is 18.5. The molecule has 0 bridgehead atoms. The largest absolute Gasteiger partial charge is 0.497 e. The van der Waals surface area contributed by atoms with Crippen LogP contribution in [0.3, 0.4) is 0 Å². The Labute approximate surface area is 155 Å². The Morgan fingerprint density at radius 3 is 2.46 bits per heavy atom. The smallest absolute Gasteiger partial charge is 0.257 e. The van der Waals surface area contributed by atoms with Crippen LogP contribution in [0.2, 0.25) is 0 Å². The lowest BCUT2D eigenvalue weighted by Crippen LogP contribution is -2.11. The number of methoxy groups -OCH3 is 1. The van der Waals surface area contributed by atoms with Crippen molar-refractivity contribution in [3.05, 3.63) is 64.8 Å². The molecule has 1 N–H and O–H groups in total. The first-order valence-electron chi connectivity index (χ1n) is 8.31. The van der Waals surface area contributed by atoms with Crippen LogP contribution in [-0.2, 0) is 6.42 Å². The van der Waals surface area contributed by atoms with E-state index in [1.807, 2.05) is 24.3 Å². The fourth-order valence-corrected chi connectivity index (χ4v) is 3.63. The predicted octanol–water partition coefficient (Wildman–Crippen LogP) is 5.16. The molecule has 2 aromatic carbocycles. The summed E-state index contributed by atoms with van der Waals surface area (Å²) in [4.78, 5) is 18.1. The van der Waals surface area contributed by atoms with Gasteiger partial charge in [-0.2, -0.15) is 0 Å². The van der Waals surface area contributed by atoms with Gasteiger partial charge >= 0.3 is 0 Å². The molecule has 3 rings (SSSR count).